The zero-order valence-corrected chi connectivity index (χ0v) is 13.4. The monoisotopic (exact) mass is 270 g/mol. The third kappa shape index (κ3) is 3.39. The van der Waals surface area contributed by atoms with E-state index in [1.165, 1.54) is 0 Å². The molecule has 0 aromatic heterocycles. The zero-order valence-electron chi connectivity index (χ0n) is 12.4. The van der Waals surface area contributed by atoms with Crippen LogP contribution in [0.4, 0.5) is 0 Å². The highest BCUT2D eigenvalue weighted by molar-refractivity contribution is 6.74. The Morgan fingerprint density at radius 1 is 1.44 bits per heavy atom. The quantitative estimate of drug-likeness (QED) is 0.574. The molecule has 0 amide bonds. The van der Waals surface area contributed by atoms with E-state index in [1.807, 2.05) is 6.08 Å². The van der Waals surface area contributed by atoms with Crippen molar-refractivity contribution in [2.24, 2.45) is 0 Å². The van der Waals surface area contributed by atoms with Crippen LogP contribution >= 0.6 is 0 Å². The van der Waals surface area contributed by atoms with Gasteiger partial charge >= 0.3 is 0 Å². The molecule has 0 aromatic carbocycles. The van der Waals surface area contributed by atoms with Crippen molar-refractivity contribution in [3.05, 3.63) is 24.7 Å². The topological polar surface area (TPSA) is 27.7 Å². The van der Waals surface area contributed by atoms with Crippen LogP contribution in [0.3, 0.4) is 0 Å². The van der Waals surface area contributed by atoms with E-state index < -0.39 is 8.32 Å². The van der Waals surface area contributed by atoms with E-state index in [2.05, 4.69) is 40.4 Å². The lowest BCUT2D eigenvalue weighted by atomic mass is 10.1. The Bertz CT molecular complexity index is 328. The fourth-order valence-electron chi connectivity index (χ4n) is 1.51. The lowest BCUT2D eigenvalue weighted by molar-refractivity contribution is -0.0483. The van der Waals surface area contributed by atoms with E-state index in [1.54, 1.807) is 13.2 Å². The van der Waals surface area contributed by atoms with E-state index in [0.717, 1.165) is 6.42 Å². The van der Waals surface area contributed by atoms with E-state index in [0.29, 0.717) is 5.95 Å². The zero-order chi connectivity index (χ0) is 14.0. The molecular formula is C14H26O3Si. The van der Waals surface area contributed by atoms with Crippen molar-refractivity contribution in [1.82, 2.24) is 0 Å². The molecule has 18 heavy (non-hydrogen) atoms. The van der Waals surface area contributed by atoms with Gasteiger partial charge in [0.1, 0.15) is 12.2 Å². The molecule has 1 aliphatic rings. The van der Waals surface area contributed by atoms with Crippen LogP contribution in [0.2, 0.25) is 18.1 Å². The summed E-state index contributed by atoms with van der Waals surface area (Å²) >= 11 is 0. The third-order valence-electron chi connectivity index (χ3n) is 3.83. The minimum absolute atomic E-state index is 0.0364. The molecule has 2 atom stereocenters. The molecule has 0 N–H and O–H groups in total. The van der Waals surface area contributed by atoms with Crippen LogP contribution in [0.15, 0.2) is 24.7 Å². The second-order valence-electron chi connectivity index (χ2n) is 6.21. The Morgan fingerprint density at radius 3 is 2.50 bits per heavy atom. The van der Waals surface area contributed by atoms with Crippen LogP contribution in [0.25, 0.3) is 0 Å². The van der Waals surface area contributed by atoms with Gasteiger partial charge in [-0.3, -0.25) is 0 Å². The van der Waals surface area contributed by atoms with Crippen LogP contribution in [0.1, 0.15) is 27.2 Å². The maximum absolute atomic E-state index is 6.14. The number of hydrogen-bond acceptors (Lipinski definition) is 3. The van der Waals surface area contributed by atoms with Crippen molar-refractivity contribution in [2.75, 3.05) is 7.11 Å². The summed E-state index contributed by atoms with van der Waals surface area (Å²) in [5.74, 6) is 0.639. The molecule has 0 bridgehead atoms. The summed E-state index contributed by atoms with van der Waals surface area (Å²) in [6.45, 7) is 14.8. The Kier molecular flexibility index (Phi) is 4.67. The molecular weight excluding hydrogens is 244 g/mol. The van der Waals surface area contributed by atoms with Crippen LogP contribution in [-0.4, -0.2) is 27.6 Å². The van der Waals surface area contributed by atoms with E-state index in [-0.39, 0.29) is 17.2 Å². The van der Waals surface area contributed by atoms with Gasteiger partial charge < -0.3 is 13.9 Å². The fraction of sp³-hybridized carbons (Fsp3) is 0.714. The van der Waals surface area contributed by atoms with E-state index >= 15 is 0 Å². The van der Waals surface area contributed by atoms with Gasteiger partial charge in [-0.1, -0.05) is 27.4 Å². The summed E-state index contributed by atoms with van der Waals surface area (Å²) in [5, 5.41) is 0.166. The normalized spacial score (nSPS) is 25.1. The van der Waals surface area contributed by atoms with Crippen molar-refractivity contribution in [2.45, 2.75) is 57.5 Å². The summed E-state index contributed by atoms with van der Waals surface area (Å²) in [5.41, 5.74) is 0. The van der Waals surface area contributed by atoms with Gasteiger partial charge in [0, 0.05) is 13.5 Å². The predicted molar refractivity (Wildman–Crippen MR) is 76.8 cm³/mol. The maximum atomic E-state index is 6.14. The molecule has 0 fully saturated rings. The van der Waals surface area contributed by atoms with Gasteiger partial charge in [0.15, 0.2) is 0 Å². The van der Waals surface area contributed by atoms with Crippen molar-refractivity contribution in [1.29, 1.82) is 0 Å². The highest BCUT2D eigenvalue weighted by Gasteiger charge is 2.41. The average Bonchev–Trinajstić information content (AvgIpc) is 2.26. The first-order valence-electron chi connectivity index (χ1n) is 6.42. The Hall–Kier alpha value is -0.743. The Balaban J connectivity index is 2.75. The van der Waals surface area contributed by atoms with Gasteiger partial charge in [0.05, 0.1) is 0 Å². The third-order valence-corrected chi connectivity index (χ3v) is 8.16. The van der Waals surface area contributed by atoms with Crippen molar-refractivity contribution >= 4 is 8.32 Å². The lowest BCUT2D eigenvalue weighted by Crippen LogP contribution is -2.42. The van der Waals surface area contributed by atoms with Crippen molar-refractivity contribution < 1.29 is 13.9 Å². The van der Waals surface area contributed by atoms with Crippen molar-refractivity contribution in [3.63, 3.8) is 0 Å². The molecule has 0 radical (unpaired) electrons. The van der Waals surface area contributed by atoms with E-state index in [4.69, 9.17) is 13.9 Å². The first kappa shape index (κ1) is 15.3. The van der Waals surface area contributed by atoms with Crippen molar-refractivity contribution in [3.8, 4) is 0 Å². The minimum atomic E-state index is -1.84. The first-order valence-corrected chi connectivity index (χ1v) is 9.33. The van der Waals surface area contributed by atoms with Gasteiger partial charge in [-0.2, -0.15) is 0 Å². The highest BCUT2D eigenvalue weighted by Crippen LogP contribution is 2.39. The molecule has 0 unspecified atom stereocenters. The standard InChI is InChI=1S/C14H26O3Si/c1-8-11-12(15-5)9-10-13(16-11)17-18(6,7)14(2,3)4/h8,10-12H,1,9H2,2-7H3/t11-,12+/m0/s1. The van der Waals surface area contributed by atoms with Gasteiger partial charge in [0.25, 0.3) is 14.3 Å². The fourth-order valence-corrected chi connectivity index (χ4v) is 2.45. The molecule has 0 aromatic rings. The molecule has 1 heterocycles. The van der Waals surface area contributed by atoms with Gasteiger partial charge in [-0.25, -0.2) is 0 Å². The summed E-state index contributed by atoms with van der Waals surface area (Å²) in [4.78, 5) is 0. The number of hydrogen-bond donors (Lipinski definition) is 0. The summed E-state index contributed by atoms with van der Waals surface area (Å²) < 4.78 is 17.3. The summed E-state index contributed by atoms with van der Waals surface area (Å²) in [6, 6.07) is 0. The SMILES string of the molecule is C=C[C@@H]1OC(O[Si](C)(C)C(C)(C)C)=CC[C@H]1OC. The number of ether oxygens (including phenoxy) is 2. The predicted octanol–water partition coefficient (Wildman–Crippen LogP) is 3.84. The molecule has 0 saturated carbocycles. The first-order chi connectivity index (χ1) is 8.21. The Morgan fingerprint density at radius 2 is 2.06 bits per heavy atom. The second-order valence-corrected chi connectivity index (χ2v) is 10.9. The van der Waals surface area contributed by atoms with Gasteiger partial charge in [-0.15, -0.1) is 0 Å². The molecule has 0 aliphatic carbocycles. The van der Waals surface area contributed by atoms with Crippen LogP contribution in [-0.2, 0) is 13.9 Å². The maximum Gasteiger partial charge on any atom is 0.261 e. The molecule has 1 aliphatic heterocycles. The summed E-state index contributed by atoms with van der Waals surface area (Å²) in [7, 11) is -0.143. The van der Waals surface area contributed by atoms with Crippen LogP contribution < -0.4 is 0 Å². The molecule has 104 valence electrons. The summed E-state index contributed by atoms with van der Waals surface area (Å²) in [6.07, 6.45) is 4.47. The minimum Gasteiger partial charge on any atom is -0.519 e. The molecule has 0 saturated heterocycles. The molecule has 4 heteroatoms. The number of rotatable bonds is 4. The second kappa shape index (κ2) is 5.49. The largest absolute Gasteiger partial charge is 0.519 e. The Labute approximate surface area is 112 Å². The lowest BCUT2D eigenvalue weighted by Gasteiger charge is -2.39. The molecule has 3 nitrogen and oxygen atoms in total. The smallest absolute Gasteiger partial charge is 0.261 e. The van der Waals surface area contributed by atoms with Gasteiger partial charge in [-0.05, 0) is 30.3 Å². The van der Waals surface area contributed by atoms with Gasteiger partial charge in [0.2, 0.25) is 0 Å². The molecule has 1 rings (SSSR count). The van der Waals surface area contributed by atoms with Crippen LogP contribution in [0, 0.1) is 0 Å². The van der Waals surface area contributed by atoms with Crippen LogP contribution in [0.5, 0.6) is 0 Å². The molecule has 0 spiro atoms. The van der Waals surface area contributed by atoms with E-state index in [9.17, 15) is 0 Å². The average molecular weight is 270 g/mol. The number of methoxy groups -OCH3 is 1. The highest BCUT2D eigenvalue weighted by atomic mass is 28.4.